The molecule has 3 nitrogen and oxygen atoms in total. The zero-order chi connectivity index (χ0) is 12.0. The molecule has 0 saturated carbocycles. The largest absolute Gasteiger partial charge is 0.573 e. The predicted octanol–water partition coefficient (Wildman–Crippen LogP) is 2.38. The molecule has 0 radical (unpaired) electrons. The van der Waals surface area contributed by atoms with Crippen LogP contribution in [-0.4, -0.2) is 24.6 Å². The van der Waals surface area contributed by atoms with Gasteiger partial charge in [-0.3, -0.25) is 0 Å². The van der Waals surface area contributed by atoms with Crippen molar-refractivity contribution in [3.63, 3.8) is 0 Å². The molecule has 0 saturated heterocycles. The van der Waals surface area contributed by atoms with E-state index in [1.54, 1.807) is 6.07 Å². The Balaban J connectivity index is 2.57. The number of nitrogens with one attached hydrogen (secondary N) is 1. The van der Waals surface area contributed by atoms with Crippen molar-refractivity contribution in [3.8, 4) is 5.75 Å². The molecule has 0 fully saturated rings. The lowest BCUT2D eigenvalue weighted by Gasteiger charge is -2.10. The van der Waals surface area contributed by atoms with Crippen LogP contribution in [0.25, 0.3) is 0 Å². The first-order valence-electron chi connectivity index (χ1n) is 4.72. The zero-order valence-electron chi connectivity index (χ0n) is 8.42. The Bertz CT molecular complexity index is 328. The summed E-state index contributed by atoms with van der Waals surface area (Å²) in [6.07, 6.45) is -4.14. The third-order valence-corrected chi connectivity index (χ3v) is 1.73. The van der Waals surface area contributed by atoms with Crippen LogP contribution in [0.4, 0.5) is 18.9 Å². The van der Waals surface area contributed by atoms with Gasteiger partial charge in [-0.05, 0) is 18.6 Å². The molecule has 0 bridgehead atoms. The second-order valence-corrected chi connectivity index (χ2v) is 3.08. The van der Waals surface area contributed by atoms with Crippen molar-refractivity contribution >= 4 is 5.69 Å². The molecular formula is C10H12F3NO2. The van der Waals surface area contributed by atoms with Gasteiger partial charge in [0.15, 0.2) is 0 Å². The maximum absolute atomic E-state index is 11.9. The predicted molar refractivity (Wildman–Crippen MR) is 53.3 cm³/mol. The Labute approximate surface area is 90.8 Å². The lowest BCUT2D eigenvalue weighted by molar-refractivity contribution is -0.274. The smallest absolute Gasteiger partial charge is 0.406 e. The monoisotopic (exact) mass is 235 g/mol. The van der Waals surface area contributed by atoms with Crippen LogP contribution in [0.3, 0.4) is 0 Å². The third-order valence-electron chi connectivity index (χ3n) is 1.73. The molecule has 1 aromatic rings. The fourth-order valence-electron chi connectivity index (χ4n) is 1.11. The number of benzene rings is 1. The van der Waals surface area contributed by atoms with Crippen molar-refractivity contribution in [2.75, 3.05) is 18.5 Å². The summed E-state index contributed by atoms with van der Waals surface area (Å²) in [6, 6.07) is 5.57. The molecule has 1 aromatic carbocycles. The normalized spacial score (nSPS) is 11.2. The van der Waals surface area contributed by atoms with E-state index in [0.29, 0.717) is 18.7 Å². The van der Waals surface area contributed by atoms with E-state index in [1.807, 2.05) is 0 Å². The second-order valence-electron chi connectivity index (χ2n) is 3.08. The van der Waals surface area contributed by atoms with Gasteiger partial charge >= 0.3 is 6.36 Å². The summed E-state index contributed by atoms with van der Waals surface area (Å²) >= 11 is 0. The summed E-state index contributed by atoms with van der Waals surface area (Å²) in [5, 5.41) is 11.4. The lowest BCUT2D eigenvalue weighted by atomic mass is 10.3. The summed E-state index contributed by atoms with van der Waals surface area (Å²) in [6.45, 7) is 0.526. The van der Waals surface area contributed by atoms with E-state index in [4.69, 9.17) is 5.11 Å². The zero-order valence-corrected chi connectivity index (χ0v) is 8.42. The molecule has 0 aliphatic rings. The summed E-state index contributed by atoms with van der Waals surface area (Å²) in [4.78, 5) is 0. The number of aliphatic hydroxyl groups is 1. The first-order chi connectivity index (χ1) is 7.51. The lowest BCUT2D eigenvalue weighted by Crippen LogP contribution is -2.17. The fourth-order valence-corrected chi connectivity index (χ4v) is 1.11. The average molecular weight is 235 g/mol. The molecule has 6 heteroatoms. The molecule has 0 aromatic heterocycles. The summed E-state index contributed by atoms with van der Waals surface area (Å²) in [5.74, 6) is -0.263. The van der Waals surface area contributed by atoms with Crippen LogP contribution in [0.5, 0.6) is 5.75 Å². The van der Waals surface area contributed by atoms with E-state index in [9.17, 15) is 13.2 Å². The summed E-state index contributed by atoms with van der Waals surface area (Å²) < 4.78 is 39.5. The maximum Gasteiger partial charge on any atom is 0.573 e. The van der Waals surface area contributed by atoms with Gasteiger partial charge in [0, 0.05) is 24.9 Å². The van der Waals surface area contributed by atoms with Gasteiger partial charge in [0.25, 0.3) is 0 Å². The van der Waals surface area contributed by atoms with Crippen LogP contribution in [0.1, 0.15) is 6.42 Å². The second kappa shape index (κ2) is 5.60. The Morgan fingerprint density at radius 2 is 2.06 bits per heavy atom. The molecular weight excluding hydrogens is 223 g/mol. The van der Waals surface area contributed by atoms with Gasteiger partial charge in [-0.15, -0.1) is 13.2 Å². The molecule has 2 N–H and O–H groups in total. The van der Waals surface area contributed by atoms with Crippen molar-refractivity contribution in [3.05, 3.63) is 24.3 Å². The van der Waals surface area contributed by atoms with Crippen molar-refractivity contribution in [1.82, 2.24) is 0 Å². The van der Waals surface area contributed by atoms with E-state index < -0.39 is 6.36 Å². The first-order valence-corrected chi connectivity index (χ1v) is 4.72. The maximum atomic E-state index is 11.9. The number of halogens is 3. The minimum absolute atomic E-state index is 0.0335. The number of rotatable bonds is 5. The number of aliphatic hydroxyl groups excluding tert-OH is 1. The molecule has 0 unspecified atom stereocenters. The molecule has 16 heavy (non-hydrogen) atoms. The van der Waals surface area contributed by atoms with Gasteiger partial charge in [-0.1, -0.05) is 6.07 Å². The molecule has 1 rings (SSSR count). The van der Waals surface area contributed by atoms with Crippen molar-refractivity contribution in [2.24, 2.45) is 0 Å². The van der Waals surface area contributed by atoms with Crippen molar-refractivity contribution in [1.29, 1.82) is 0 Å². The highest BCUT2D eigenvalue weighted by Gasteiger charge is 2.31. The molecule has 0 aliphatic carbocycles. The SMILES string of the molecule is OCCCNc1cccc(OC(F)(F)F)c1. The van der Waals surface area contributed by atoms with Crippen LogP contribution < -0.4 is 10.1 Å². The fraction of sp³-hybridized carbons (Fsp3) is 0.400. The van der Waals surface area contributed by atoms with Crippen LogP contribution in [0.15, 0.2) is 24.3 Å². The van der Waals surface area contributed by atoms with Crippen molar-refractivity contribution in [2.45, 2.75) is 12.8 Å². The number of hydrogen-bond acceptors (Lipinski definition) is 3. The van der Waals surface area contributed by atoms with E-state index in [-0.39, 0.29) is 12.4 Å². The van der Waals surface area contributed by atoms with E-state index in [0.717, 1.165) is 0 Å². The average Bonchev–Trinajstić information content (AvgIpc) is 2.16. The Morgan fingerprint density at radius 3 is 2.69 bits per heavy atom. The number of ether oxygens (including phenoxy) is 1. The Kier molecular flexibility index (Phi) is 4.42. The van der Waals surface area contributed by atoms with E-state index in [2.05, 4.69) is 10.1 Å². The number of anilines is 1. The summed E-state index contributed by atoms with van der Waals surface area (Å²) in [7, 11) is 0. The van der Waals surface area contributed by atoms with E-state index >= 15 is 0 Å². The minimum Gasteiger partial charge on any atom is -0.406 e. The van der Waals surface area contributed by atoms with E-state index in [1.165, 1.54) is 18.2 Å². The third kappa shape index (κ3) is 4.88. The van der Waals surface area contributed by atoms with Gasteiger partial charge in [0.2, 0.25) is 0 Å². The highest BCUT2D eigenvalue weighted by Crippen LogP contribution is 2.24. The van der Waals surface area contributed by atoms with Crippen LogP contribution >= 0.6 is 0 Å². The van der Waals surface area contributed by atoms with Gasteiger partial charge in [-0.25, -0.2) is 0 Å². The quantitative estimate of drug-likeness (QED) is 0.770. The Morgan fingerprint density at radius 1 is 1.31 bits per heavy atom. The van der Waals surface area contributed by atoms with Gasteiger partial charge < -0.3 is 15.2 Å². The standard InChI is InChI=1S/C10H12F3NO2/c11-10(12,13)16-9-4-1-3-8(7-9)14-5-2-6-15/h1,3-4,7,14-15H,2,5-6H2. The molecule has 0 amide bonds. The molecule has 0 spiro atoms. The van der Waals surface area contributed by atoms with Crippen molar-refractivity contribution < 1.29 is 23.0 Å². The highest BCUT2D eigenvalue weighted by atomic mass is 19.4. The molecule has 0 heterocycles. The van der Waals surface area contributed by atoms with Gasteiger partial charge in [0.1, 0.15) is 5.75 Å². The Hall–Kier alpha value is -1.43. The summed E-state index contributed by atoms with van der Waals surface area (Å²) in [5.41, 5.74) is 0.523. The first kappa shape index (κ1) is 12.6. The minimum atomic E-state index is -4.68. The van der Waals surface area contributed by atoms with Gasteiger partial charge in [-0.2, -0.15) is 0 Å². The molecule has 0 atom stereocenters. The molecule has 90 valence electrons. The molecule has 0 aliphatic heterocycles. The van der Waals surface area contributed by atoms with Crippen LogP contribution in [-0.2, 0) is 0 Å². The number of alkyl halides is 3. The topological polar surface area (TPSA) is 41.5 Å². The number of hydrogen-bond donors (Lipinski definition) is 2. The highest BCUT2D eigenvalue weighted by molar-refractivity contribution is 5.48. The van der Waals surface area contributed by atoms with Gasteiger partial charge in [0.05, 0.1) is 0 Å². The van der Waals surface area contributed by atoms with Crippen LogP contribution in [0, 0.1) is 0 Å². The van der Waals surface area contributed by atoms with Crippen LogP contribution in [0.2, 0.25) is 0 Å².